The number of hydrogen-bond acceptors (Lipinski definition) is 6. The summed E-state index contributed by atoms with van der Waals surface area (Å²) in [7, 11) is -1.42. The third-order valence-corrected chi connectivity index (χ3v) is 6.25. The maximum atomic E-state index is 14.9. The molecule has 0 aliphatic carbocycles. The van der Waals surface area contributed by atoms with Crippen LogP contribution in [0.4, 0.5) is 23.4 Å². The minimum Gasteiger partial charge on any atom is -0.353 e. The molecule has 2 aromatic rings. The van der Waals surface area contributed by atoms with Gasteiger partial charge in [-0.25, -0.2) is 41.4 Å². The summed E-state index contributed by atoms with van der Waals surface area (Å²) in [4.78, 5) is 17.2. The minimum atomic E-state index is -2.95. The predicted octanol–water partition coefficient (Wildman–Crippen LogP) is 3.14. The van der Waals surface area contributed by atoms with Crippen LogP contribution in [0.15, 0.2) is 24.7 Å². The molecule has 2 aromatic heterocycles. The van der Waals surface area contributed by atoms with Crippen LogP contribution in [-0.2, 0) is 11.0 Å². The number of piperidine rings is 1. The zero-order valence-electron chi connectivity index (χ0n) is 18.2. The third kappa shape index (κ3) is 5.64. The lowest BCUT2D eigenvalue weighted by Gasteiger charge is -2.47. The number of allylic oxidation sites excluding steroid dienone is 1. The number of H-pyrrole nitrogens is 1. The van der Waals surface area contributed by atoms with Gasteiger partial charge in [-0.1, -0.05) is 6.92 Å². The molecule has 0 aromatic carbocycles. The van der Waals surface area contributed by atoms with Crippen LogP contribution in [0.5, 0.6) is 0 Å². The molecule has 1 saturated heterocycles. The number of anilines is 1. The minimum absolute atomic E-state index is 0.0725. The lowest BCUT2D eigenvalue weighted by atomic mass is 9.80. The predicted molar refractivity (Wildman–Crippen MR) is 119 cm³/mol. The second-order valence-electron chi connectivity index (χ2n) is 7.91. The molecule has 1 aliphatic heterocycles. The lowest BCUT2D eigenvalue weighted by molar-refractivity contribution is -0.120. The molecule has 0 spiro atoms. The molecule has 180 valence electrons. The Kier molecular flexibility index (Phi) is 7.62. The number of halogens is 4. The zero-order valence-corrected chi connectivity index (χ0v) is 19.0. The Morgan fingerprint density at radius 3 is 2.79 bits per heavy atom. The average Bonchev–Trinajstić information content (AvgIpc) is 3.23. The molecular formula is C20H25F4N7OS. The highest BCUT2D eigenvalue weighted by Crippen LogP contribution is 2.42. The monoisotopic (exact) mass is 487 g/mol. The first kappa shape index (κ1) is 25.0. The highest BCUT2D eigenvalue weighted by molar-refractivity contribution is 7.82. The van der Waals surface area contributed by atoms with E-state index < -0.39 is 46.9 Å². The van der Waals surface area contributed by atoms with E-state index in [4.69, 9.17) is 5.41 Å². The maximum absolute atomic E-state index is 14.9. The van der Waals surface area contributed by atoms with Crippen molar-refractivity contribution < 1.29 is 21.8 Å². The number of imidazole rings is 1. The smallest absolute Gasteiger partial charge is 0.279 e. The second-order valence-corrected chi connectivity index (χ2v) is 9.11. The molecule has 3 N–H and O–H groups in total. The molecule has 1 fully saturated rings. The fraction of sp³-hybridized carbons (Fsp3) is 0.500. The normalized spacial score (nSPS) is 23.9. The largest absolute Gasteiger partial charge is 0.353 e. The van der Waals surface area contributed by atoms with Gasteiger partial charge in [0.2, 0.25) is 0 Å². The summed E-state index contributed by atoms with van der Waals surface area (Å²) in [6, 6.07) is 1.03. The molecule has 0 saturated carbocycles. The number of aromatic amines is 1. The van der Waals surface area contributed by atoms with E-state index in [0.29, 0.717) is 17.2 Å². The zero-order chi connectivity index (χ0) is 24.3. The molecule has 0 bridgehead atoms. The van der Waals surface area contributed by atoms with Crippen molar-refractivity contribution >= 4 is 28.6 Å². The van der Waals surface area contributed by atoms with Crippen molar-refractivity contribution in [1.82, 2.24) is 24.7 Å². The number of hydrogen-bond donors (Lipinski definition) is 3. The maximum Gasteiger partial charge on any atom is 0.279 e. The van der Waals surface area contributed by atoms with E-state index in [9.17, 15) is 21.8 Å². The summed E-state index contributed by atoms with van der Waals surface area (Å²) >= 11 is 0. The molecule has 33 heavy (non-hydrogen) atoms. The van der Waals surface area contributed by atoms with Crippen LogP contribution in [-0.4, -0.2) is 67.6 Å². The number of rotatable bonds is 8. The van der Waals surface area contributed by atoms with Gasteiger partial charge in [0.15, 0.2) is 0 Å². The van der Waals surface area contributed by atoms with Crippen molar-refractivity contribution in [3.63, 3.8) is 0 Å². The first-order valence-corrected chi connectivity index (χ1v) is 11.7. The summed E-state index contributed by atoms with van der Waals surface area (Å²) in [5, 5.41) is 7.16. The van der Waals surface area contributed by atoms with Crippen LogP contribution in [0.25, 0.3) is 17.5 Å². The van der Waals surface area contributed by atoms with Gasteiger partial charge in [-0.3, -0.25) is 5.41 Å². The molecule has 8 nitrogen and oxygen atoms in total. The van der Waals surface area contributed by atoms with Gasteiger partial charge in [-0.05, 0) is 19.1 Å². The quantitative estimate of drug-likeness (QED) is 0.391. The summed E-state index contributed by atoms with van der Waals surface area (Å²) in [5.41, 5.74) is 0.0837. The van der Waals surface area contributed by atoms with Gasteiger partial charge in [0.1, 0.15) is 18.0 Å². The Labute approximate surface area is 191 Å². The first-order chi connectivity index (χ1) is 15.5. The van der Waals surface area contributed by atoms with Crippen LogP contribution in [0.1, 0.15) is 19.7 Å². The molecule has 0 amide bonds. The summed E-state index contributed by atoms with van der Waals surface area (Å²) in [6.07, 6.45) is 3.49. The van der Waals surface area contributed by atoms with Gasteiger partial charge in [0.05, 0.1) is 40.2 Å². The summed E-state index contributed by atoms with van der Waals surface area (Å²) in [5.74, 6) is -4.29. The van der Waals surface area contributed by atoms with Gasteiger partial charge >= 0.3 is 0 Å². The first-order valence-electron chi connectivity index (χ1n) is 10.1. The van der Waals surface area contributed by atoms with Crippen molar-refractivity contribution in [2.45, 2.75) is 32.2 Å². The van der Waals surface area contributed by atoms with Crippen molar-refractivity contribution in [1.29, 1.82) is 5.41 Å². The molecule has 3 heterocycles. The number of nitrogens with one attached hydrogen (secondary N) is 3. The Balaban J connectivity index is 1.84. The standard InChI is InChI=1S/C20H25F4N7OS/c1-11-9-31(12(2)13(20(11,23)24)7-29-33(3)32)18-6-15(27-10-28-18)16-8-26-17(30-16)5-4-14(25)19(21)22/h4-6,8,10-13,19,25,29H,7,9H2,1-3H3,(H,26,30)/b5-4-,25-14?. The van der Waals surface area contributed by atoms with Gasteiger partial charge in [0.25, 0.3) is 12.3 Å². The average molecular weight is 488 g/mol. The van der Waals surface area contributed by atoms with Gasteiger partial charge in [-0.2, -0.15) is 0 Å². The van der Waals surface area contributed by atoms with Crippen LogP contribution in [0.3, 0.4) is 0 Å². The van der Waals surface area contributed by atoms with Gasteiger partial charge in [0, 0.05) is 37.4 Å². The van der Waals surface area contributed by atoms with E-state index in [-0.39, 0.29) is 18.9 Å². The van der Waals surface area contributed by atoms with E-state index in [1.54, 1.807) is 17.9 Å². The number of alkyl halides is 4. The van der Waals surface area contributed by atoms with Crippen LogP contribution in [0, 0.1) is 17.2 Å². The van der Waals surface area contributed by atoms with Gasteiger partial charge < -0.3 is 9.88 Å². The Bertz CT molecular complexity index is 1040. The molecule has 0 radical (unpaired) electrons. The van der Waals surface area contributed by atoms with Gasteiger partial charge in [-0.15, -0.1) is 0 Å². The van der Waals surface area contributed by atoms with Crippen molar-refractivity contribution in [2.24, 2.45) is 11.8 Å². The highest BCUT2D eigenvalue weighted by Gasteiger charge is 2.53. The SMILES string of the molecule is CC1C(CNS(C)=O)C(F)(F)C(C)CN1c1cc(-c2cnc(/C=C\C(=N)C(F)F)[nH]2)ncn1. The molecule has 1 aliphatic rings. The highest BCUT2D eigenvalue weighted by atomic mass is 32.2. The molecule has 13 heteroatoms. The topological polar surface area (TPSA) is 111 Å². The van der Waals surface area contributed by atoms with E-state index in [2.05, 4.69) is 24.7 Å². The number of aromatic nitrogens is 4. The molecular weight excluding hydrogens is 462 g/mol. The molecule has 4 unspecified atom stereocenters. The van der Waals surface area contributed by atoms with Crippen molar-refractivity contribution in [3.05, 3.63) is 30.5 Å². The third-order valence-electron chi connectivity index (χ3n) is 5.68. The molecule has 4 atom stereocenters. The van der Waals surface area contributed by atoms with Crippen LogP contribution in [0.2, 0.25) is 0 Å². The van der Waals surface area contributed by atoms with E-state index in [1.165, 1.54) is 31.8 Å². The van der Waals surface area contributed by atoms with Crippen LogP contribution >= 0.6 is 0 Å². The van der Waals surface area contributed by atoms with Crippen molar-refractivity contribution in [2.75, 3.05) is 24.2 Å². The van der Waals surface area contributed by atoms with E-state index in [0.717, 1.165) is 6.08 Å². The van der Waals surface area contributed by atoms with E-state index in [1.807, 2.05) is 0 Å². The van der Waals surface area contributed by atoms with Crippen LogP contribution < -0.4 is 9.62 Å². The lowest BCUT2D eigenvalue weighted by Crippen LogP contribution is -2.60. The number of nitrogens with zero attached hydrogens (tertiary/aromatic N) is 4. The Hall–Kier alpha value is -2.67. The fourth-order valence-electron chi connectivity index (χ4n) is 3.75. The Morgan fingerprint density at radius 2 is 2.12 bits per heavy atom. The Morgan fingerprint density at radius 1 is 1.39 bits per heavy atom. The second kappa shape index (κ2) is 10.1. The fourth-order valence-corrected chi connectivity index (χ4v) is 4.16. The van der Waals surface area contributed by atoms with E-state index >= 15 is 0 Å². The van der Waals surface area contributed by atoms with Crippen molar-refractivity contribution in [3.8, 4) is 11.4 Å². The molecule has 3 rings (SSSR count). The summed E-state index contributed by atoms with van der Waals surface area (Å²) in [6.45, 7) is 3.12. The summed E-state index contributed by atoms with van der Waals surface area (Å²) < 4.78 is 68.7.